The van der Waals surface area contributed by atoms with Gasteiger partial charge in [-0.15, -0.1) is 0 Å². The molecule has 1 heterocycles. The number of nitrogens with two attached hydrogens (primary N) is 1. The molecule has 0 bridgehead atoms. The largest absolute Gasteiger partial charge is 0.405 e. The summed E-state index contributed by atoms with van der Waals surface area (Å²) in [6.07, 6.45) is 14.7. The fourth-order valence-electron chi connectivity index (χ4n) is 2.91. The smallest absolute Gasteiger partial charge is 0.310 e. The van der Waals surface area contributed by atoms with Crippen molar-refractivity contribution >= 4 is 11.9 Å². The molecule has 0 aliphatic heterocycles. The Bertz CT molecular complexity index is 584. The van der Waals surface area contributed by atoms with Gasteiger partial charge in [0.2, 0.25) is 0 Å². The molecule has 0 spiro atoms. The van der Waals surface area contributed by atoms with Gasteiger partial charge in [0.15, 0.2) is 12.4 Å². The first-order chi connectivity index (χ1) is 15.2. The highest BCUT2D eigenvalue weighted by Crippen LogP contribution is 2.10. The van der Waals surface area contributed by atoms with E-state index in [0.717, 1.165) is 12.8 Å². The Morgan fingerprint density at radius 1 is 1.06 bits per heavy atom. The number of ether oxygens (including phenoxy) is 1. The standard InChI is InChI=1S/C21H36N3O5.C2H6/c1-2-3-4-5-6-7-8-9-10-13-20(25)28-18-24-15-11-12-19(17-24)21(26)22-14-16-29-23-27;1-2/h11-12,15,17,27H,2-10,13-14,16,18,23H2,1H3;1-2H3/q+1;/p+1. The molecule has 1 rings (SSSR count). The van der Waals surface area contributed by atoms with Crippen molar-refractivity contribution in [3.63, 3.8) is 0 Å². The molecule has 4 N–H and O–H groups in total. The quantitative estimate of drug-likeness (QED) is 0.149. The number of carbonyl (C=O) groups is 2. The Balaban J connectivity index is 0.00000436. The summed E-state index contributed by atoms with van der Waals surface area (Å²) < 4.78 is 6.94. The minimum absolute atomic E-state index is 0.0833. The van der Waals surface area contributed by atoms with Crippen molar-refractivity contribution in [1.82, 2.24) is 5.32 Å². The Morgan fingerprint density at radius 2 is 1.71 bits per heavy atom. The maximum absolute atomic E-state index is 12.0. The van der Waals surface area contributed by atoms with Crippen molar-refractivity contribution < 1.29 is 34.6 Å². The van der Waals surface area contributed by atoms with Gasteiger partial charge in [-0.05, 0) is 12.5 Å². The zero-order chi connectivity index (χ0) is 23.2. The van der Waals surface area contributed by atoms with Crippen LogP contribution in [0.25, 0.3) is 0 Å². The lowest BCUT2D eigenvalue weighted by molar-refractivity contribution is -1.06. The second kappa shape index (κ2) is 21.2. The van der Waals surface area contributed by atoms with Gasteiger partial charge in [-0.1, -0.05) is 77.8 Å². The van der Waals surface area contributed by atoms with E-state index in [9.17, 15) is 9.59 Å². The van der Waals surface area contributed by atoms with Crippen LogP contribution in [0.3, 0.4) is 0 Å². The molecule has 0 aliphatic carbocycles. The summed E-state index contributed by atoms with van der Waals surface area (Å²) in [4.78, 5) is 28.6. The number of aromatic nitrogens is 1. The van der Waals surface area contributed by atoms with Crippen molar-refractivity contribution in [1.29, 1.82) is 0 Å². The number of nitrogens with zero attached hydrogens (tertiary/aromatic N) is 1. The Kier molecular flexibility index (Phi) is 19.8. The van der Waals surface area contributed by atoms with Crippen molar-refractivity contribution in [3.05, 3.63) is 30.1 Å². The number of unbranched alkanes of at least 4 members (excludes halogenated alkanes) is 8. The van der Waals surface area contributed by atoms with Crippen LogP contribution in [0.5, 0.6) is 0 Å². The number of carbonyl (C=O) groups excluding carboxylic acids is 2. The SMILES string of the molecule is CC.CCCCCCCCCCCC(=O)OC[n+]1cccc(C(=O)NCCO[NH2+]O)c1. The second-order valence-electron chi connectivity index (χ2n) is 7.06. The molecule has 8 heteroatoms. The number of hydrogen-bond acceptors (Lipinski definition) is 5. The van der Waals surface area contributed by atoms with E-state index in [1.807, 2.05) is 13.8 Å². The van der Waals surface area contributed by atoms with Gasteiger partial charge >= 0.3 is 5.97 Å². The molecule has 0 saturated heterocycles. The van der Waals surface area contributed by atoms with Crippen molar-refractivity contribution in [2.45, 2.75) is 91.7 Å². The van der Waals surface area contributed by atoms with Gasteiger partial charge in [-0.3, -0.25) is 9.59 Å². The van der Waals surface area contributed by atoms with Crippen LogP contribution in [0.15, 0.2) is 24.5 Å². The van der Waals surface area contributed by atoms with Gasteiger partial charge in [-0.25, -0.2) is 0 Å². The Labute approximate surface area is 187 Å². The molecule has 0 unspecified atom stereocenters. The van der Waals surface area contributed by atoms with Crippen LogP contribution in [0.4, 0.5) is 0 Å². The van der Waals surface area contributed by atoms with Gasteiger partial charge in [-0.2, -0.15) is 14.6 Å². The van der Waals surface area contributed by atoms with E-state index in [2.05, 4.69) is 17.1 Å². The third kappa shape index (κ3) is 16.3. The number of esters is 1. The molecule has 1 amide bonds. The highest BCUT2D eigenvalue weighted by Gasteiger charge is 2.12. The van der Waals surface area contributed by atoms with Gasteiger partial charge in [0.1, 0.15) is 12.2 Å². The molecule has 8 nitrogen and oxygen atoms in total. The molecule has 31 heavy (non-hydrogen) atoms. The molecule has 0 atom stereocenters. The summed E-state index contributed by atoms with van der Waals surface area (Å²) in [6.45, 7) is 6.77. The van der Waals surface area contributed by atoms with E-state index in [1.165, 1.54) is 44.9 Å². The highest BCUT2D eigenvalue weighted by atomic mass is 16.8. The molecule has 0 aliphatic rings. The fraction of sp³-hybridized carbons (Fsp3) is 0.696. The molecule has 0 fully saturated rings. The third-order valence-electron chi connectivity index (χ3n) is 4.56. The lowest BCUT2D eigenvalue weighted by Gasteiger charge is -2.05. The Hall–Kier alpha value is -2.03. The van der Waals surface area contributed by atoms with Crippen LogP contribution in [0, 0.1) is 0 Å². The number of hydrogen-bond donors (Lipinski definition) is 3. The van der Waals surface area contributed by atoms with Crippen molar-refractivity contribution in [2.24, 2.45) is 0 Å². The number of pyridine rings is 1. The number of nitrogens with one attached hydrogen (secondary N) is 1. The summed E-state index contributed by atoms with van der Waals surface area (Å²) in [7, 11) is 0. The van der Waals surface area contributed by atoms with Crippen LogP contribution < -0.4 is 15.5 Å². The van der Waals surface area contributed by atoms with E-state index >= 15 is 0 Å². The molecule has 1 aromatic heterocycles. The number of amides is 1. The van der Waals surface area contributed by atoms with Crippen molar-refractivity contribution in [3.8, 4) is 0 Å². The van der Waals surface area contributed by atoms with Gasteiger partial charge in [0.25, 0.3) is 12.6 Å². The van der Waals surface area contributed by atoms with Crippen LogP contribution in [0.2, 0.25) is 0 Å². The predicted octanol–water partition coefficient (Wildman–Crippen LogP) is 3.04. The summed E-state index contributed by atoms with van der Waals surface area (Å²) in [5.41, 5.74) is 1.04. The molecule has 0 saturated carbocycles. The summed E-state index contributed by atoms with van der Waals surface area (Å²) in [6, 6.07) is 3.40. The highest BCUT2D eigenvalue weighted by molar-refractivity contribution is 5.93. The third-order valence-corrected chi connectivity index (χ3v) is 4.56. The minimum atomic E-state index is -0.262. The van der Waals surface area contributed by atoms with Crippen LogP contribution in [-0.4, -0.2) is 30.2 Å². The van der Waals surface area contributed by atoms with Crippen LogP contribution in [0.1, 0.15) is 95.3 Å². The predicted molar refractivity (Wildman–Crippen MR) is 118 cm³/mol. The normalized spacial score (nSPS) is 10.2. The van der Waals surface area contributed by atoms with Crippen LogP contribution in [-0.2, 0) is 21.1 Å². The van der Waals surface area contributed by atoms with Crippen LogP contribution >= 0.6 is 0 Å². The number of quaternary nitrogens is 1. The van der Waals surface area contributed by atoms with E-state index < -0.39 is 0 Å². The molecule has 0 radical (unpaired) electrons. The molecule has 178 valence electrons. The maximum atomic E-state index is 12.0. The molecular weight excluding hydrogens is 398 g/mol. The zero-order valence-electron chi connectivity index (χ0n) is 19.6. The lowest BCUT2D eigenvalue weighted by Crippen LogP contribution is -2.79. The van der Waals surface area contributed by atoms with E-state index in [4.69, 9.17) is 9.94 Å². The summed E-state index contributed by atoms with van der Waals surface area (Å²) in [5, 5.41) is 11.1. The maximum Gasteiger partial charge on any atom is 0.310 e. The first-order valence-electron chi connectivity index (χ1n) is 11.7. The van der Waals surface area contributed by atoms with E-state index in [-0.39, 0.29) is 31.8 Å². The zero-order valence-corrected chi connectivity index (χ0v) is 19.6. The monoisotopic (exact) mass is 441 g/mol. The molecular formula is C23H43N3O5+2. The Morgan fingerprint density at radius 3 is 2.35 bits per heavy atom. The molecule has 1 aromatic rings. The first kappa shape index (κ1) is 29.0. The lowest BCUT2D eigenvalue weighted by atomic mass is 10.1. The van der Waals surface area contributed by atoms with Gasteiger partial charge in [0.05, 0.1) is 0 Å². The average Bonchev–Trinajstić information content (AvgIpc) is 2.81. The van der Waals surface area contributed by atoms with E-state index in [0.29, 0.717) is 17.6 Å². The summed E-state index contributed by atoms with van der Waals surface area (Å²) in [5.74, 6) is -0.477. The number of rotatable bonds is 17. The van der Waals surface area contributed by atoms with Gasteiger partial charge in [0, 0.05) is 19.0 Å². The van der Waals surface area contributed by atoms with Crippen molar-refractivity contribution in [2.75, 3.05) is 13.2 Å². The summed E-state index contributed by atoms with van der Waals surface area (Å²) >= 11 is 0. The van der Waals surface area contributed by atoms with Gasteiger partial charge < -0.3 is 10.1 Å². The second-order valence-corrected chi connectivity index (χ2v) is 7.06. The minimum Gasteiger partial charge on any atom is -0.405 e. The van der Waals surface area contributed by atoms with E-state index in [1.54, 1.807) is 29.1 Å². The topological polar surface area (TPSA) is 105 Å². The first-order valence-corrected chi connectivity index (χ1v) is 11.7. The fourth-order valence-corrected chi connectivity index (χ4v) is 2.91. The average molecular weight is 442 g/mol. The molecule has 0 aromatic carbocycles.